The van der Waals surface area contributed by atoms with Crippen molar-refractivity contribution in [3.8, 4) is 11.5 Å². The van der Waals surface area contributed by atoms with Crippen LogP contribution in [0, 0.1) is 5.92 Å². The minimum absolute atomic E-state index is 0.274. The Morgan fingerprint density at radius 2 is 1.85 bits per heavy atom. The van der Waals surface area contributed by atoms with Gasteiger partial charge in [-0.3, -0.25) is 5.32 Å². The SMILES string of the molecule is CC(C)COC(=O)Nc1ccccc1-c1nc2ccc3ccccc3c2o1. The van der Waals surface area contributed by atoms with Crippen molar-refractivity contribution < 1.29 is 13.9 Å². The number of anilines is 1. The second-order valence-corrected chi connectivity index (χ2v) is 6.82. The van der Waals surface area contributed by atoms with E-state index >= 15 is 0 Å². The molecule has 5 nitrogen and oxygen atoms in total. The Morgan fingerprint density at radius 1 is 1.07 bits per heavy atom. The van der Waals surface area contributed by atoms with Gasteiger partial charge in [0, 0.05) is 5.39 Å². The molecule has 0 aliphatic heterocycles. The van der Waals surface area contributed by atoms with E-state index in [9.17, 15) is 4.79 Å². The molecule has 0 saturated carbocycles. The van der Waals surface area contributed by atoms with E-state index in [-0.39, 0.29) is 5.92 Å². The van der Waals surface area contributed by atoms with Crippen LogP contribution in [0.25, 0.3) is 33.3 Å². The Hall–Kier alpha value is -3.34. The van der Waals surface area contributed by atoms with Gasteiger partial charge in [-0.25, -0.2) is 9.78 Å². The lowest BCUT2D eigenvalue weighted by Gasteiger charge is -2.10. The van der Waals surface area contributed by atoms with Crippen molar-refractivity contribution in [1.29, 1.82) is 0 Å². The Kier molecular flexibility index (Phi) is 4.50. The van der Waals surface area contributed by atoms with E-state index in [1.807, 2.05) is 68.4 Å². The zero-order chi connectivity index (χ0) is 18.8. The monoisotopic (exact) mass is 360 g/mol. The Morgan fingerprint density at radius 3 is 2.70 bits per heavy atom. The van der Waals surface area contributed by atoms with E-state index < -0.39 is 6.09 Å². The minimum Gasteiger partial charge on any atom is -0.449 e. The fourth-order valence-electron chi connectivity index (χ4n) is 2.94. The molecule has 0 saturated heterocycles. The van der Waals surface area contributed by atoms with E-state index in [2.05, 4.69) is 10.3 Å². The number of nitrogens with one attached hydrogen (secondary N) is 1. The molecule has 0 aliphatic carbocycles. The van der Waals surface area contributed by atoms with Gasteiger partial charge in [-0.1, -0.05) is 56.3 Å². The second-order valence-electron chi connectivity index (χ2n) is 6.82. The predicted octanol–water partition coefficient (Wildman–Crippen LogP) is 5.85. The first kappa shape index (κ1) is 17.1. The number of nitrogens with zero attached hydrogens (tertiary/aromatic N) is 1. The van der Waals surface area contributed by atoms with Crippen molar-refractivity contribution in [2.45, 2.75) is 13.8 Å². The molecule has 0 unspecified atom stereocenters. The molecule has 3 aromatic carbocycles. The average molecular weight is 360 g/mol. The number of hydrogen-bond acceptors (Lipinski definition) is 4. The van der Waals surface area contributed by atoms with Crippen LogP contribution in [0.15, 0.2) is 65.1 Å². The van der Waals surface area contributed by atoms with Crippen molar-refractivity contribution in [2.24, 2.45) is 5.92 Å². The molecule has 0 atom stereocenters. The first-order valence-electron chi connectivity index (χ1n) is 8.93. The third-order valence-corrected chi connectivity index (χ3v) is 4.22. The normalized spacial score (nSPS) is 11.2. The molecule has 0 radical (unpaired) electrons. The summed E-state index contributed by atoms with van der Waals surface area (Å²) in [4.78, 5) is 16.7. The van der Waals surface area contributed by atoms with Crippen molar-refractivity contribution in [2.75, 3.05) is 11.9 Å². The summed E-state index contributed by atoms with van der Waals surface area (Å²) >= 11 is 0. The van der Waals surface area contributed by atoms with Crippen LogP contribution in [0.1, 0.15) is 13.8 Å². The molecule has 0 fully saturated rings. The number of ether oxygens (including phenoxy) is 1. The highest BCUT2D eigenvalue weighted by molar-refractivity contribution is 6.03. The molecular formula is C22H20N2O3. The van der Waals surface area contributed by atoms with E-state index in [4.69, 9.17) is 9.15 Å². The van der Waals surface area contributed by atoms with Gasteiger partial charge in [0.25, 0.3) is 0 Å². The first-order valence-corrected chi connectivity index (χ1v) is 8.93. The third kappa shape index (κ3) is 3.49. The van der Waals surface area contributed by atoms with Crippen LogP contribution in [0.5, 0.6) is 0 Å². The highest BCUT2D eigenvalue weighted by Gasteiger charge is 2.16. The van der Waals surface area contributed by atoms with Gasteiger partial charge in [-0.2, -0.15) is 0 Å². The first-order chi connectivity index (χ1) is 13.1. The molecular weight excluding hydrogens is 340 g/mol. The molecule has 4 aromatic rings. The summed E-state index contributed by atoms with van der Waals surface area (Å²) < 4.78 is 11.3. The lowest BCUT2D eigenvalue weighted by molar-refractivity contribution is 0.147. The van der Waals surface area contributed by atoms with E-state index in [0.29, 0.717) is 23.7 Å². The lowest BCUT2D eigenvalue weighted by atomic mass is 10.1. The Balaban J connectivity index is 1.71. The minimum atomic E-state index is -0.488. The van der Waals surface area contributed by atoms with Gasteiger partial charge in [0.1, 0.15) is 5.52 Å². The standard InChI is InChI=1S/C22H20N2O3/c1-14(2)13-26-22(25)24-18-10-6-5-9-17(18)21-23-19-12-11-15-7-3-4-8-16(15)20(19)27-21/h3-12,14H,13H2,1-2H3,(H,24,25). The maximum absolute atomic E-state index is 12.1. The summed E-state index contributed by atoms with van der Waals surface area (Å²) in [6.07, 6.45) is -0.488. The molecule has 4 rings (SSSR count). The maximum Gasteiger partial charge on any atom is 0.411 e. The van der Waals surface area contributed by atoms with Crippen LogP contribution in [-0.4, -0.2) is 17.7 Å². The molecule has 1 N–H and O–H groups in total. The van der Waals surface area contributed by atoms with Gasteiger partial charge in [0.15, 0.2) is 5.58 Å². The smallest absolute Gasteiger partial charge is 0.411 e. The molecule has 0 aliphatic rings. The molecule has 1 amide bonds. The number of hydrogen-bond donors (Lipinski definition) is 1. The van der Waals surface area contributed by atoms with Gasteiger partial charge >= 0.3 is 6.09 Å². The number of rotatable bonds is 4. The van der Waals surface area contributed by atoms with E-state index in [1.165, 1.54) is 0 Å². The Bertz CT molecular complexity index is 1110. The summed E-state index contributed by atoms with van der Waals surface area (Å²) in [6.45, 7) is 4.34. The number of amides is 1. The van der Waals surface area contributed by atoms with E-state index in [1.54, 1.807) is 6.07 Å². The summed E-state index contributed by atoms with van der Waals surface area (Å²) in [5.41, 5.74) is 2.82. The topological polar surface area (TPSA) is 64.4 Å². The van der Waals surface area contributed by atoms with Crippen LogP contribution < -0.4 is 5.32 Å². The largest absolute Gasteiger partial charge is 0.449 e. The summed E-state index contributed by atoms with van der Waals surface area (Å²) in [5, 5.41) is 4.89. The number of para-hydroxylation sites is 1. The number of fused-ring (bicyclic) bond motifs is 3. The lowest BCUT2D eigenvalue weighted by Crippen LogP contribution is -2.17. The van der Waals surface area contributed by atoms with Gasteiger partial charge in [-0.15, -0.1) is 0 Å². The fourth-order valence-corrected chi connectivity index (χ4v) is 2.94. The molecule has 1 heterocycles. The summed E-state index contributed by atoms with van der Waals surface area (Å²) in [5.74, 6) is 0.734. The van der Waals surface area contributed by atoms with Crippen molar-refractivity contribution >= 4 is 33.7 Å². The Labute approximate surface area is 157 Å². The molecule has 1 aromatic heterocycles. The molecule has 5 heteroatoms. The zero-order valence-corrected chi connectivity index (χ0v) is 15.2. The van der Waals surface area contributed by atoms with Crippen LogP contribution in [-0.2, 0) is 4.74 Å². The third-order valence-electron chi connectivity index (χ3n) is 4.22. The molecule has 0 spiro atoms. The summed E-state index contributed by atoms with van der Waals surface area (Å²) in [6, 6.07) is 19.4. The van der Waals surface area contributed by atoms with Crippen LogP contribution in [0.4, 0.5) is 10.5 Å². The fraction of sp³-hybridized carbons (Fsp3) is 0.182. The van der Waals surface area contributed by atoms with Crippen molar-refractivity contribution in [3.05, 3.63) is 60.7 Å². The van der Waals surface area contributed by atoms with Crippen LogP contribution in [0.3, 0.4) is 0 Å². The van der Waals surface area contributed by atoms with Gasteiger partial charge in [-0.05, 0) is 29.5 Å². The number of oxazole rings is 1. The van der Waals surface area contributed by atoms with Crippen molar-refractivity contribution in [1.82, 2.24) is 4.98 Å². The molecule has 27 heavy (non-hydrogen) atoms. The number of aromatic nitrogens is 1. The van der Waals surface area contributed by atoms with Crippen LogP contribution >= 0.6 is 0 Å². The maximum atomic E-state index is 12.1. The zero-order valence-electron chi connectivity index (χ0n) is 15.2. The molecule has 0 bridgehead atoms. The highest BCUT2D eigenvalue weighted by atomic mass is 16.5. The predicted molar refractivity (Wildman–Crippen MR) is 107 cm³/mol. The van der Waals surface area contributed by atoms with Crippen molar-refractivity contribution in [3.63, 3.8) is 0 Å². The van der Waals surface area contributed by atoms with Gasteiger partial charge < -0.3 is 9.15 Å². The van der Waals surface area contributed by atoms with Gasteiger partial charge in [0.05, 0.1) is 17.9 Å². The van der Waals surface area contributed by atoms with Crippen LogP contribution in [0.2, 0.25) is 0 Å². The highest BCUT2D eigenvalue weighted by Crippen LogP contribution is 2.33. The number of benzene rings is 3. The van der Waals surface area contributed by atoms with E-state index in [0.717, 1.165) is 21.9 Å². The quantitative estimate of drug-likeness (QED) is 0.495. The number of carbonyl (C=O) groups excluding carboxylic acids is 1. The van der Waals surface area contributed by atoms with Gasteiger partial charge in [0.2, 0.25) is 5.89 Å². The average Bonchev–Trinajstić information content (AvgIpc) is 3.11. The number of carbonyl (C=O) groups is 1. The molecule has 136 valence electrons. The second kappa shape index (κ2) is 7.11. The summed E-state index contributed by atoms with van der Waals surface area (Å²) in [7, 11) is 0.